The van der Waals surface area contributed by atoms with Crippen molar-refractivity contribution in [1.29, 1.82) is 0 Å². The third-order valence-corrected chi connectivity index (χ3v) is 3.88. The van der Waals surface area contributed by atoms with Crippen LogP contribution in [0.2, 0.25) is 0 Å². The van der Waals surface area contributed by atoms with Gasteiger partial charge in [-0.05, 0) is 12.1 Å². The third kappa shape index (κ3) is 3.89. The SMILES string of the molecule is O=C1NC(=O)N(c2ccccc2)C(=O)[C@H]1C=N[C@@H](Cc1cnc[nH]1)C(=O)O. The van der Waals surface area contributed by atoms with E-state index >= 15 is 0 Å². The Hall–Kier alpha value is -3.82. The molecule has 10 heteroatoms. The van der Waals surface area contributed by atoms with Crippen LogP contribution < -0.4 is 10.2 Å². The molecule has 2 heterocycles. The van der Waals surface area contributed by atoms with Crippen molar-refractivity contribution in [3.8, 4) is 0 Å². The van der Waals surface area contributed by atoms with E-state index in [2.05, 4.69) is 20.3 Å². The molecule has 0 aliphatic carbocycles. The van der Waals surface area contributed by atoms with Gasteiger partial charge < -0.3 is 10.1 Å². The van der Waals surface area contributed by atoms with Crippen molar-refractivity contribution in [3.05, 3.63) is 48.5 Å². The van der Waals surface area contributed by atoms with Gasteiger partial charge in [0.15, 0.2) is 12.0 Å². The first kappa shape index (κ1) is 18.0. The molecule has 1 aromatic heterocycles. The maximum absolute atomic E-state index is 12.6. The summed E-state index contributed by atoms with van der Waals surface area (Å²) in [5, 5.41) is 11.4. The van der Waals surface area contributed by atoms with E-state index in [1.54, 1.807) is 30.3 Å². The third-order valence-electron chi connectivity index (χ3n) is 3.88. The van der Waals surface area contributed by atoms with Crippen LogP contribution in [0.25, 0.3) is 0 Å². The first-order valence-electron chi connectivity index (χ1n) is 7.94. The lowest BCUT2D eigenvalue weighted by Crippen LogP contribution is -2.58. The fraction of sp³-hybridized carbons (Fsp3) is 0.176. The lowest BCUT2D eigenvalue weighted by atomic mass is 10.1. The molecular weight excluding hydrogens is 354 g/mol. The van der Waals surface area contributed by atoms with Crippen molar-refractivity contribution < 1.29 is 24.3 Å². The Morgan fingerprint density at radius 3 is 2.67 bits per heavy atom. The topological polar surface area (TPSA) is 145 Å². The van der Waals surface area contributed by atoms with E-state index < -0.39 is 35.8 Å². The molecule has 138 valence electrons. The lowest BCUT2D eigenvalue weighted by molar-refractivity contribution is -0.138. The Bertz CT molecular complexity index is 894. The van der Waals surface area contributed by atoms with Gasteiger partial charge in [-0.15, -0.1) is 0 Å². The molecule has 0 unspecified atom stereocenters. The van der Waals surface area contributed by atoms with Crippen molar-refractivity contribution in [2.75, 3.05) is 4.90 Å². The number of hydrogen-bond donors (Lipinski definition) is 3. The van der Waals surface area contributed by atoms with Crippen molar-refractivity contribution in [1.82, 2.24) is 15.3 Å². The number of aliphatic carboxylic acids is 1. The number of aliphatic imine (C=N–C) groups is 1. The Morgan fingerprint density at radius 1 is 1.30 bits per heavy atom. The summed E-state index contributed by atoms with van der Waals surface area (Å²) in [6, 6.07) is 5.99. The number of aromatic amines is 1. The van der Waals surface area contributed by atoms with Crippen LogP contribution in [0.4, 0.5) is 10.5 Å². The molecule has 3 rings (SSSR count). The number of barbiturate groups is 1. The Kier molecular flexibility index (Phi) is 5.06. The minimum atomic E-state index is -1.41. The zero-order valence-electron chi connectivity index (χ0n) is 13.9. The number of carboxylic acid groups (broad SMARTS) is 1. The minimum Gasteiger partial charge on any atom is -0.480 e. The number of aromatic nitrogens is 2. The number of nitrogens with one attached hydrogen (secondary N) is 2. The van der Waals surface area contributed by atoms with Crippen molar-refractivity contribution in [2.24, 2.45) is 10.9 Å². The summed E-state index contributed by atoms with van der Waals surface area (Å²) in [5.74, 6) is -4.29. The molecule has 1 aliphatic rings. The van der Waals surface area contributed by atoms with Gasteiger partial charge in [0, 0.05) is 24.5 Å². The van der Waals surface area contributed by atoms with Crippen LogP contribution in [-0.2, 0) is 20.8 Å². The first-order valence-corrected chi connectivity index (χ1v) is 7.94. The fourth-order valence-corrected chi connectivity index (χ4v) is 2.54. The van der Waals surface area contributed by atoms with Gasteiger partial charge >= 0.3 is 12.0 Å². The highest BCUT2D eigenvalue weighted by atomic mass is 16.4. The van der Waals surface area contributed by atoms with Gasteiger partial charge in [0.1, 0.15) is 0 Å². The zero-order valence-corrected chi connectivity index (χ0v) is 13.9. The maximum atomic E-state index is 12.6. The summed E-state index contributed by atoms with van der Waals surface area (Å²) < 4.78 is 0. The van der Waals surface area contributed by atoms with E-state index in [9.17, 15) is 24.3 Å². The number of carbonyl (C=O) groups is 4. The Balaban J connectivity index is 1.82. The summed E-state index contributed by atoms with van der Waals surface area (Å²) >= 11 is 0. The van der Waals surface area contributed by atoms with Crippen molar-refractivity contribution in [2.45, 2.75) is 12.5 Å². The number of carboxylic acids is 1. The molecule has 1 fully saturated rings. The molecule has 10 nitrogen and oxygen atoms in total. The van der Waals surface area contributed by atoms with Crippen LogP contribution in [0.1, 0.15) is 5.69 Å². The monoisotopic (exact) mass is 369 g/mol. The van der Waals surface area contributed by atoms with E-state index in [1.165, 1.54) is 12.5 Å². The number of carbonyl (C=O) groups excluding carboxylic acids is 3. The molecule has 1 aromatic carbocycles. The standard InChI is InChI=1S/C17H15N5O5/c23-14-12(8-19-13(16(25)26)6-10-7-18-9-20-10)15(24)22(17(27)21-14)11-4-2-1-3-5-11/h1-5,7-9,12-13H,6H2,(H,18,20)(H,25,26)(H,21,23,27)/t12-,13-/m0/s1. The molecule has 0 bridgehead atoms. The second-order valence-corrected chi connectivity index (χ2v) is 5.71. The molecule has 27 heavy (non-hydrogen) atoms. The minimum absolute atomic E-state index is 0.00962. The highest BCUT2D eigenvalue weighted by Crippen LogP contribution is 2.19. The van der Waals surface area contributed by atoms with Crippen LogP contribution in [0.3, 0.4) is 0 Å². The van der Waals surface area contributed by atoms with Gasteiger partial charge in [0.05, 0.1) is 12.0 Å². The number of H-pyrrole nitrogens is 1. The molecule has 1 saturated heterocycles. The smallest absolute Gasteiger partial charge is 0.335 e. The summed E-state index contributed by atoms with van der Waals surface area (Å²) in [6.07, 6.45) is 3.84. The molecule has 0 spiro atoms. The van der Waals surface area contributed by atoms with E-state index in [4.69, 9.17) is 0 Å². The normalized spacial score (nSPS) is 18.6. The second-order valence-electron chi connectivity index (χ2n) is 5.71. The lowest BCUT2D eigenvalue weighted by Gasteiger charge is -2.28. The summed E-state index contributed by atoms with van der Waals surface area (Å²) in [5.41, 5.74) is 0.832. The highest BCUT2D eigenvalue weighted by Gasteiger charge is 2.40. The Morgan fingerprint density at radius 2 is 2.04 bits per heavy atom. The molecular formula is C17H15N5O5. The van der Waals surface area contributed by atoms with E-state index in [-0.39, 0.29) is 12.1 Å². The number of amides is 4. The number of para-hydroxylation sites is 1. The fourth-order valence-electron chi connectivity index (χ4n) is 2.54. The Labute approximate surface area is 152 Å². The molecule has 0 saturated carbocycles. The number of nitrogens with zero attached hydrogens (tertiary/aromatic N) is 3. The number of urea groups is 1. The summed E-state index contributed by atoms with van der Waals surface area (Å²) in [4.78, 5) is 59.4. The second kappa shape index (κ2) is 7.60. The van der Waals surface area contributed by atoms with Crippen LogP contribution in [0, 0.1) is 5.92 Å². The number of imide groups is 2. The average Bonchev–Trinajstić information content (AvgIpc) is 3.14. The largest absolute Gasteiger partial charge is 0.480 e. The predicted molar refractivity (Wildman–Crippen MR) is 93.2 cm³/mol. The number of rotatable bonds is 6. The van der Waals surface area contributed by atoms with Crippen LogP contribution >= 0.6 is 0 Å². The van der Waals surface area contributed by atoms with Crippen LogP contribution in [0.15, 0.2) is 47.8 Å². The average molecular weight is 369 g/mol. The quantitative estimate of drug-likeness (QED) is 0.496. The van der Waals surface area contributed by atoms with E-state index in [1.807, 2.05) is 0 Å². The maximum Gasteiger partial charge on any atom is 0.335 e. The number of anilines is 1. The predicted octanol–water partition coefficient (Wildman–Crippen LogP) is 0.375. The number of benzene rings is 1. The van der Waals surface area contributed by atoms with Gasteiger partial charge in [0.25, 0.3) is 5.91 Å². The molecule has 0 radical (unpaired) electrons. The van der Waals surface area contributed by atoms with Gasteiger partial charge in [0.2, 0.25) is 5.91 Å². The van der Waals surface area contributed by atoms with Gasteiger partial charge in [-0.1, -0.05) is 18.2 Å². The molecule has 4 amide bonds. The van der Waals surface area contributed by atoms with Crippen LogP contribution in [-0.4, -0.2) is 51.1 Å². The van der Waals surface area contributed by atoms with Gasteiger partial charge in [-0.3, -0.25) is 19.9 Å². The first-order chi connectivity index (χ1) is 13.0. The number of hydrogen-bond acceptors (Lipinski definition) is 6. The summed E-state index contributed by atoms with van der Waals surface area (Å²) in [7, 11) is 0. The van der Waals surface area contributed by atoms with Gasteiger partial charge in [-0.25, -0.2) is 19.5 Å². The highest BCUT2D eigenvalue weighted by molar-refractivity contribution is 6.32. The van der Waals surface area contributed by atoms with E-state index in [0.717, 1.165) is 11.1 Å². The van der Waals surface area contributed by atoms with Crippen molar-refractivity contribution in [3.63, 3.8) is 0 Å². The van der Waals surface area contributed by atoms with Gasteiger partial charge in [-0.2, -0.15) is 0 Å². The zero-order chi connectivity index (χ0) is 19.4. The molecule has 2 aromatic rings. The molecule has 3 N–H and O–H groups in total. The molecule has 2 atom stereocenters. The van der Waals surface area contributed by atoms with E-state index in [0.29, 0.717) is 5.69 Å². The number of imidazole rings is 1. The van der Waals surface area contributed by atoms with Crippen LogP contribution in [0.5, 0.6) is 0 Å². The summed E-state index contributed by atoms with van der Waals surface area (Å²) in [6.45, 7) is 0. The molecule has 1 aliphatic heterocycles. The van der Waals surface area contributed by atoms with Crippen molar-refractivity contribution >= 4 is 35.7 Å².